The van der Waals surface area contributed by atoms with E-state index in [0.29, 0.717) is 6.10 Å². The summed E-state index contributed by atoms with van der Waals surface area (Å²) in [5.41, 5.74) is 2.70. The molecule has 0 spiro atoms. The third-order valence-corrected chi connectivity index (χ3v) is 3.57. The smallest absolute Gasteiger partial charge is 0.123 e. The van der Waals surface area contributed by atoms with Gasteiger partial charge in [-0.05, 0) is 36.5 Å². The van der Waals surface area contributed by atoms with E-state index in [0.717, 1.165) is 30.8 Å². The minimum Gasteiger partial charge on any atom is -0.490 e. The van der Waals surface area contributed by atoms with Gasteiger partial charge in [-0.15, -0.1) is 12.4 Å². The van der Waals surface area contributed by atoms with Crippen LogP contribution in [0.5, 0.6) is 5.75 Å². The number of hydrogen-bond donors (Lipinski definition) is 1. The highest BCUT2D eigenvalue weighted by Gasteiger charge is 2.20. The Labute approximate surface area is 114 Å². The van der Waals surface area contributed by atoms with E-state index in [1.807, 2.05) is 0 Å². The van der Waals surface area contributed by atoms with Crippen LogP contribution in [0.15, 0.2) is 18.2 Å². The highest BCUT2D eigenvalue weighted by Crippen LogP contribution is 2.32. The van der Waals surface area contributed by atoms with Gasteiger partial charge in [-0.3, -0.25) is 5.14 Å². The molecular weight excluding hydrogens is 254 g/mol. The van der Waals surface area contributed by atoms with Gasteiger partial charge in [0.2, 0.25) is 0 Å². The Hall–Kier alpha value is -0.380. The minimum absolute atomic E-state index is 0. The van der Waals surface area contributed by atoms with Crippen LogP contribution >= 0.6 is 24.4 Å². The lowest BCUT2D eigenvalue weighted by Crippen LogP contribution is -2.23. The molecule has 0 aliphatic carbocycles. The van der Waals surface area contributed by atoms with E-state index in [4.69, 9.17) is 9.88 Å². The van der Waals surface area contributed by atoms with Gasteiger partial charge in [-0.2, -0.15) is 0 Å². The lowest BCUT2D eigenvalue weighted by Gasteiger charge is -2.27. The van der Waals surface area contributed by atoms with Gasteiger partial charge in [0.25, 0.3) is 0 Å². The maximum atomic E-state index is 6.01. The molecule has 1 aliphatic heterocycles. The first kappa shape index (κ1) is 14.7. The summed E-state index contributed by atoms with van der Waals surface area (Å²) in [5.74, 6) is 1.96. The summed E-state index contributed by atoms with van der Waals surface area (Å²) in [6.07, 6.45) is 5.05. The number of hydrogen-bond acceptors (Lipinski definition) is 3. The highest BCUT2D eigenvalue weighted by atomic mass is 35.5. The number of fused-ring (bicyclic) bond motifs is 1. The normalized spacial score (nSPS) is 17.9. The molecule has 17 heavy (non-hydrogen) atoms. The minimum atomic E-state index is 0. The Morgan fingerprint density at radius 3 is 3.00 bits per heavy atom. The lowest BCUT2D eigenvalue weighted by atomic mass is 9.96. The van der Waals surface area contributed by atoms with E-state index in [1.54, 1.807) is 0 Å². The second-order valence-electron chi connectivity index (χ2n) is 4.27. The Bertz CT molecular complexity index is 359. The number of rotatable bonds is 4. The fraction of sp³-hybridized carbons (Fsp3) is 0.538. The summed E-state index contributed by atoms with van der Waals surface area (Å²) in [4.78, 5) is 0. The van der Waals surface area contributed by atoms with Crippen molar-refractivity contribution in [1.29, 1.82) is 0 Å². The van der Waals surface area contributed by atoms with Crippen molar-refractivity contribution in [2.75, 3.05) is 0 Å². The van der Waals surface area contributed by atoms with Gasteiger partial charge in [0, 0.05) is 5.75 Å². The molecule has 2 nitrogen and oxygen atoms in total. The molecule has 0 saturated carbocycles. The van der Waals surface area contributed by atoms with Crippen molar-refractivity contribution in [3.05, 3.63) is 29.3 Å². The van der Waals surface area contributed by atoms with Crippen molar-refractivity contribution in [2.24, 2.45) is 5.14 Å². The SMILES string of the molecule is CCCC1CCc2c(CSN)cccc2O1.Cl. The fourth-order valence-corrected chi connectivity index (χ4v) is 2.75. The van der Waals surface area contributed by atoms with Gasteiger partial charge in [0.15, 0.2) is 0 Å². The fourth-order valence-electron chi connectivity index (χ4n) is 2.30. The molecule has 1 aliphatic rings. The molecule has 0 bridgehead atoms. The Morgan fingerprint density at radius 1 is 1.47 bits per heavy atom. The third-order valence-electron chi connectivity index (χ3n) is 3.09. The van der Waals surface area contributed by atoms with Crippen LogP contribution in [-0.4, -0.2) is 6.10 Å². The van der Waals surface area contributed by atoms with E-state index < -0.39 is 0 Å². The van der Waals surface area contributed by atoms with E-state index in [-0.39, 0.29) is 12.4 Å². The quantitative estimate of drug-likeness (QED) is 0.850. The topological polar surface area (TPSA) is 35.2 Å². The first-order valence-corrected chi connectivity index (χ1v) is 6.99. The maximum absolute atomic E-state index is 6.01. The van der Waals surface area contributed by atoms with Gasteiger partial charge in [0.1, 0.15) is 5.75 Å². The summed E-state index contributed by atoms with van der Waals surface area (Å²) in [6, 6.07) is 6.31. The predicted octanol–water partition coefficient (Wildman–Crippen LogP) is 3.71. The summed E-state index contributed by atoms with van der Waals surface area (Å²) >= 11 is 1.38. The number of ether oxygens (including phenoxy) is 1. The number of nitrogens with two attached hydrogens (primary N) is 1. The Kier molecular flexibility index (Phi) is 6.17. The van der Waals surface area contributed by atoms with Crippen LogP contribution in [0.1, 0.15) is 37.3 Å². The van der Waals surface area contributed by atoms with Gasteiger partial charge >= 0.3 is 0 Å². The van der Waals surface area contributed by atoms with E-state index in [1.165, 1.54) is 29.5 Å². The summed E-state index contributed by atoms with van der Waals surface area (Å²) in [5, 5.41) is 5.54. The number of benzene rings is 1. The predicted molar refractivity (Wildman–Crippen MR) is 76.8 cm³/mol. The molecular formula is C13H20ClNOS. The molecule has 1 atom stereocenters. The van der Waals surface area contributed by atoms with Gasteiger partial charge in [-0.1, -0.05) is 37.4 Å². The second-order valence-corrected chi connectivity index (χ2v) is 4.89. The average molecular weight is 274 g/mol. The van der Waals surface area contributed by atoms with Crippen LogP contribution in [0.3, 0.4) is 0 Å². The van der Waals surface area contributed by atoms with E-state index >= 15 is 0 Å². The second kappa shape index (κ2) is 7.14. The van der Waals surface area contributed by atoms with Crippen molar-refractivity contribution in [1.82, 2.24) is 0 Å². The van der Waals surface area contributed by atoms with Crippen molar-refractivity contribution in [3.63, 3.8) is 0 Å². The molecule has 1 heterocycles. The first-order chi connectivity index (χ1) is 7.85. The molecule has 0 aromatic heterocycles. The Balaban J connectivity index is 0.00000144. The van der Waals surface area contributed by atoms with Crippen molar-refractivity contribution in [2.45, 2.75) is 44.5 Å². The molecule has 1 unspecified atom stereocenters. The van der Waals surface area contributed by atoms with Crippen LogP contribution in [0, 0.1) is 0 Å². The lowest BCUT2D eigenvalue weighted by molar-refractivity contribution is 0.162. The van der Waals surface area contributed by atoms with Crippen LogP contribution in [0.25, 0.3) is 0 Å². The average Bonchev–Trinajstić information content (AvgIpc) is 2.30. The molecule has 4 heteroatoms. The van der Waals surface area contributed by atoms with Crippen molar-refractivity contribution < 1.29 is 4.74 Å². The van der Waals surface area contributed by atoms with Gasteiger partial charge in [0.05, 0.1) is 6.10 Å². The number of halogens is 1. The molecule has 1 aromatic rings. The van der Waals surface area contributed by atoms with Crippen LogP contribution in [0.2, 0.25) is 0 Å². The molecule has 0 saturated heterocycles. The molecule has 1 aromatic carbocycles. The summed E-state index contributed by atoms with van der Waals surface area (Å²) < 4.78 is 6.01. The molecule has 0 fully saturated rings. The van der Waals surface area contributed by atoms with E-state index in [9.17, 15) is 0 Å². The zero-order chi connectivity index (χ0) is 11.4. The molecule has 0 amide bonds. The van der Waals surface area contributed by atoms with Crippen LogP contribution in [0.4, 0.5) is 0 Å². The largest absolute Gasteiger partial charge is 0.490 e. The van der Waals surface area contributed by atoms with Crippen LogP contribution in [-0.2, 0) is 12.2 Å². The zero-order valence-corrected chi connectivity index (χ0v) is 11.8. The molecule has 2 N–H and O–H groups in total. The van der Waals surface area contributed by atoms with Crippen molar-refractivity contribution >= 4 is 24.4 Å². The molecule has 0 radical (unpaired) electrons. The first-order valence-electron chi connectivity index (χ1n) is 5.94. The summed E-state index contributed by atoms with van der Waals surface area (Å²) in [7, 11) is 0. The zero-order valence-electron chi connectivity index (χ0n) is 10.1. The standard InChI is InChI=1S/C13H19NOS.ClH/c1-2-4-11-7-8-12-10(9-16-14)5-3-6-13(12)15-11;/h3,5-6,11H,2,4,7-9,14H2,1H3;1H. The highest BCUT2D eigenvalue weighted by molar-refractivity contribution is 7.96. The van der Waals surface area contributed by atoms with Gasteiger partial charge < -0.3 is 4.74 Å². The van der Waals surface area contributed by atoms with Crippen molar-refractivity contribution in [3.8, 4) is 5.75 Å². The van der Waals surface area contributed by atoms with Crippen LogP contribution < -0.4 is 9.88 Å². The maximum Gasteiger partial charge on any atom is 0.123 e. The Morgan fingerprint density at radius 2 is 2.29 bits per heavy atom. The van der Waals surface area contributed by atoms with E-state index in [2.05, 4.69) is 25.1 Å². The monoisotopic (exact) mass is 273 g/mol. The third kappa shape index (κ3) is 3.54. The molecule has 2 rings (SSSR count). The summed E-state index contributed by atoms with van der Waals surface area (Å²) in [6.45, 7) is 2.21. The molecule has 96 valence electrons. The van der Waals surface area contributed by atoms with Gasteiger partial charge in [-0.25, -0.2) is 0 Å².